The lowest BCUT2D eigenvalue weighted by atomic mass is 9.88. The van der Waals surface area contributed by atoms with Crippen LogP contribution in [0.2, 0.25) is 0 Å². The van der Waals surface area contributed by atoms with Crippen LogP contribution in [0.25, 0.3) is 0 Å². The van der Waals surface area contributed by atoms with Crippen LogP contribution < -0.4 is 25.6 Å². The summed E-state index contributed by atoms with van der Waals surface area (Å²) in [7, 11) is 2.11. The maximum absolute atomic E-state index is 12.5. The van der Waals surface area contributed by atoms with Crippen LogP contribution in [0.15, 0.2) is 18.2 Å². The van der Waals surface area contributed by atoms with Gasteiger partial charge in [-0.2, -0.15) is 0 Å². The number of hydrogen-bond donors (Lipinski definition) is 3. The molecule has 7 nitrogen and oxygen atoms in total. The summed E-state index contributed by atoms with van der Waals surface area (Å²) in [5.74, 6) is 1.98. The Kier molecular flexibility index (Phi) is 4.30. The van der Waals surface area contributed by atoms with Crippen molar-refractivity contribution in [3.63, 3.8) is 0 Å². The number of hydrazine groups is 1. The summed E-state index contributed by atoms with van der Waals surface area (Å²) < 4.78 is 10.7. The monoisotopic (exact) mass is 332 g/mol. The minimum absolute atomic E-state index is 0.0750. The van der Waals surface area contributed by atoms with Gasteiger partial charge in [0.1, 0.15) is 6.04 Å². The van der Waals surface area contributed by atoms with E-state index in [1.54, 1.807) is 0 Å². The molecule has 0 spiro atoms. The summed E-state index contributed by atoms with van der Waals surface area (Å²) in [6.45, 7) is 2.93. The number of amides is 1. The highest BCUT2D eigenvalue weighted by molar-refractivity contribution is 5.82. The van der Waals surface area contributed by atoms with Crippen LogP contribution >= 0.6 is 0 Å². The van der Waals surface area contributed by atoms with E-state index in [4.69, 9.17) is 9.47 Å². The van der Waals surface area contributed by atoms with Gasteiger partial charge >= 0.3 is 0 Å². The van der Waals surface area contributed by atoms with E-state index >= 15 is 0 Å². The molecule has 3 N–H and O–H groups in total. The summed E-state index contributed by atoms with van der Waals surface area (Å²) in [5.41, 5.74) is 7.59. The van der Waals surface area contributed by atoms with Crippen LogP contribution in [0.1, 0.15) is 12.0 Å². The molecule has 1 aromatic carbocycles. The van der Waals surface area contributed by atoms with Crippen molar-refractivity contribution in [1.82, 2.24) is 21.1 Å². The van der Waals surface area contributed by atoms with E-state index in [1.807, 2.05) is 18.2 Å². The number of nitrogens with one attached hydrogen (secondary N) is 3. The second kappa shape index (κ2) is 6.58. The molecule has 0 aromatic heterocycles. The fourth-order valence-corrected chi connectivity index (χ4v) is 3.77. The van der Waals surface area contributed by atoms with Gasteiger partial charge in [0, 0.05) is 25.0 Å². The van der Waals surface area contributed by atoms with E-state index in [1.165, 1.54) is 0 Å². The molecule has 4 rings (SSSR count). The van der Waals surface area contributed by atoms with Crippen molar-refractivity contribution in [3.05, 3.63) is 23.8 Å². The zero-order valence-electron chi connectivity index (χ0n) is 13.9. The van der Waals surface area contributed by atoms with Crippen LogP contribution in [-0.2, 0) is 11.2 Å². The number of fused-ring (bicyclic) bond motifs is 2. The van der Waals surface area contributed by atoms with E-state index < -0.39 is 0 Å². The van der Waals surface area contributed by atoms with Crippen molar-refractivity contribution in [1.29, 1.82) is 0 Å². The molecule has 3 unspecified atom stereocenters. The Hall–Kier alpha value is -1.83. The van der Waals surface area contributed by atoms with Gasteiger partial charge in [-0.05, 0) is 44.1 Å². The Morgan fingerprint density at radius 3 is 3.12 bits per heavy atom. The second-order valence-electron chi connectivity index (χ2n) is 6.82. The van der Waals surface area contributed by atoms with Crippen molar-refractivity contribution < 1.29 is 14.3 Å². The summed E-state index contributed by atoms with van der Waals surface area (Å²) in [6, 6.07) is 6.15. The first-order chi connectivity index (χ1) is 11.7. The van der Waals surface area contributed by atoms with Gasteiger partial charge in [-0.15, -0.1) is 0 Å². The summed E-state index contributed by atoms with van der Waals surface area (Å²) in [6.07, 6.45) is 1.85. The van der Waals surface area contributed by atoms with Crippen LogP contribution in [0.4, 0.5) is 0 Å². The summed E-state index contributed by atoms with van der Waals surface area (Å²) >= 11 is 0. The first-order valence-corrected chi connectivity index (χ1v) is 8.56. The molecule has 2 saturated heterocycles. The van der Waals surface area contributed by atoms with Gasteiger partial charge in [0.15, 0.2) is 11.5 Å². The first kappa shape index (κ1) is 15.7. The second-order valence-corrected chi connectivity index (χ2v) is 6.82. The van der Waals surface area contributed by atoms with E-state index in [0.29, 0.717) is 18.5 Å². The Balaban J connectivity index is 1.29. The molecule has 3 atom stereocenters. The molecule has 3 aliphatic heterocycles. The van der Waals surface area contributed by atoms with Crippen molar-refractivity contribution in [3.8, 4) is 11.5 Å². The van der Waals surface area contributed by atoms with Gasteiger partial charge in [-0.3, -0.25) is 10.2 Å². The van der Waals surface area contributed by atoms with Crippen molar-refractivity contribution >= 4 is 5.91 Å². The molecule has 7 heteroatoms. The third-order valence-electron chi connectivity index (χ3n) is 5.15. The lowest BCUT2D eigenvalue weighted by Gasteiger charge is -2.33. The molecular formula is C17H24N4O3. The van der Waals surface area contributed by atoms with Crippen LogP contribution in [0.5, 0.6) is 11.5 Å². The van der Waals surface area contributed by atoms with E-state index in [-0.39, 0.29) is 18.7 Å². The van der Waals surface area contributed by atoms with Gasteiger partial charge in [-0.1, -0.05) is 6.07 Å². The molecule has 3 aliphatic rings. The Bertz CT molecular complexity index is 624. The number of hydrogen-bond acceptors (Lipinski definition) is 6. The maximum Gasteiger partial charge on any atom is 0.238 e. The summed E-state index contributed by atoms with van der Waals surface area (Å²) in [5, 5.41) is 3.06. The Labute approximate surface area is 141 Å². The Morgan fingerprint density at radius 2 is 2.21 bits per heavy atom. The SMILES string of the molecule is CN1CCC2NNC(C(=O)NCCc3ccc4c(c3)OCO4)C2C1. The molecule has 3 heterocycles. The standard InChI is InChI=1S/C17H24N4O3/c1-21-7-5-13-12(9-21)16(20-19-13)17(22)18-6-4-11-2-3-14-15(8-11)24-10-23-14/h2-3,8,12-13,16,19-20H,4-7,9-10H2,1H3,(H,18,22). The zero-order chi connectivity index (χ0) is 16.5. The molecular weight excluding hydrogens is 308 g/mol. The zero-order valence-corrected chi connectivity index (χ0v) is 13.9. The molecule has 0 radical (unpaired) electrons. The van der Waals surface area contributed by atoms with E-state index in [0.717, 1.165) is 43.0 Å². The molecule has 0 aliphatic carbocycles. The highest BCUT2D eigenvalue weighted by atomic mass is 16.7. The number of nitrogens with zero attached hydrogens (tertiary/aromatic N) is 1. The van der Waals surface area contributed by atoms with Crippen molar-refractivity contribution in [2.75, 3.05) is 33.5 Å². The molecule has 24 heavy (non-hydrogen) atoms. The Morgan fingerprint density at radius 1 is 1.33 bits per heavy atom. The molecule has 130 valence electrons. The van der Waals surface area contributed by atoms with Gasteiger partial charge in [-0.25, -0.2) is 5.43 Å². The van der Waals surface area contributed by atoms with E-state index in [2.05, 4.69) is 28.1 Å². The highest BCUT2D eigenvalue weighted by Crippen LogP contribution is 2.32. The van der Waals surface area contributed by atoms with Crippen molar-refractivity contribution in [2.45, 2.75) is 24.9 Å². The number of carbonyl (C=O) groups is 1. The highest BCUT2D eigenvalue weighted by Gasteiger charge is 2.42. The normalized spacial score (nSPS) is 28.6. The van der Waals surface area contributed by atoms with Crippen LogP contribution in [0.3, 0.4) is 0 Å². The first-order valence-electron chi connectivity index (χ1n) is 8.56. The lowest BCUT2D eigenvalue weighted by molar-refractivity contribution is -0.124. The molecule has 1 amide bonds. The third kappa shape index (κ3) is 3.07. The van der Waals surface area contributed by atoms with Gasteiger partial charge in [0.25, 0.3) is 0 Å². The number of ether oxygens (including phenoxy) is 2. The largest absolute Gasteiger partial charge is 0.454 e. The quantitative estimate of drug-likeness (QED) is 0.713. The van der Waals surface area contributed by atoms with Gasteiger partial charge < -0.3 is 19.7 Å². The minimum atomic E-state index is -0.158. The number of piperidine rings is 1. The van der Waals surface area contributed by atoms with Crippen LogP contribution in [-0.4, -0.2) is 56.4 Å². The van der Waals surface area contributed by atoms with Gasteiger partial charge in [0.05, 0.1) is 0 Å². The number of carbonyl (C=O) groups excluding carboxylic acids is 1. The minimum Gasteiger partial charge on any atom is -0.454 e. The van der Waals surface area contributed by atoms with Crippen LogP contribution in [0, 0.1) is 5.92 Å². The fraction of sp³-hybridized carbons (Fsp3) is 0.588. The predicted molar refractivity (Wildman–Crippen MR) is 88.7 cm³/mol. The molecule has 0 bridgehead atoms. The third-order valence-corrected chi connectivity index (χ3v) is 5.15. The fourth-order valence-electron chi connectivity index (χ4n) is 3.77. The average Bonchev–Trinajstić information content (AvgIpc) is 3.20. The maximum atomic E-state index is 12.5. The number of likely N-dealkylation sites (tertiary alicyclic amines) is 1. The molecule has 0 saturated carbocycles. The molecule has 2 fully saturated rings. The van der Waals surface area contributed by atoms with Crippen molar-refractivity contribution in [2.24, 2.45) is 5.92 Å². The average molecular weight is 332 g/mol. The van der Waals surface area contributed by atoms with Gasteiger partial charge in [0.2, 0.25) is 12.7 Å². The number of rotatable bonds is 4. The smallest absolute Gasteiger partial charge is 0.238 e. The predicted octanol–water partition coefficient (Wildman–Crippen LogP) is -0.129. The summed E-state index contributed by atoms with van der Waals surface area (Å²) in [4.78, 5) is 14.8. The topological polar surface area (TPSA) is 74.9 Å². The number of benzene rings is 1. The lowest BCUT2D eigenvalue weighted by Crippen LogP contribution is -2.49. The molecule has 1 aromatic rings. The van der Waals surface area contributed by atoms with E-state index in [9.17, 15) is 4.79 Å².